The standard InChI is InChI=1S/C33H36N4O12/c1-5-14-43-31(41)26(35-33(42)46-15-25-23-12-8-6-10-21(23)22-11-7-9-13-24(22)25)16-45-32-28(36-37-34)30(48-20(4)40)29(47-19(3)39)27(49-32)17-44-18(2)38/h5-13,25-30,32H,1,14-17H2,2-4H3,(H,35,42)/t26-,27+,28+,29-,30+,32-/m0/s1. The molecule has 260 valence electrons. The summed E-state index contributed by atoms with van der Waals surface area (Å²) in [6, 6.07) is 12.6. The number of carbonyl (C=O) groups is 5. The lowest BCUT2D eigenvalue weighted by Crippen LogP contribution is -2.61. The Kier molecular flexibility index (Phi) is 12.7. The van der Waals surface area contributed by atoms with Gasteiger partial charge < -0.3 is 38.5 Å². The summed E-state index contributed by atoms with van der Waals surface area (Å²) in [5.74, 6) is -3.49. The quantitative estimate of drug-likeness (QED) is 0.0759. The van der Waals surface area contributed by atoms with E-state index in [0.717, 1.165) is 43.0 Å². The fourth-order valence-electron chi connectivity index (χ4n) is 5.59. The molecule has 0 aromatic heterocycles. The van der Waals surface area contributed by atoms with E-state index in [-0.39, 0.29) is 19.1 Å². The molecule has 0 saturated carbocycles. The molecule has 49 heavy (non-hydrogen) atoms. The molecule has 16 nitrogen and oxygen atoms in total. The Morgan fingerprint density at radius 3 is 2.08 bits per heavy atom. The van der Waals surface area contributed by atoms with Crippen molar-refractivity contribution in [2.24, 2.45) is 5.11 Å². The van der Waals surface area contributed by atoms with Gasteiger partial charge in [0.1, 0.15) is 32.0 Å². The average Bonchev–Trinajstić information content (AvgIpc) is 3.39. The van der Waals surface area contributed by atoms with Crippen LogP contribution in [0.2, 0.25) is 0 Å². The average molecular weight is 681 g/mol. The third-order valence-corrected chi connectivity index (χ3v) is 7.55. The van der Waals surface area contributed by atoms with E-state index in [2.05, 4.69) is 21.9 Å². The zero-order valence-corrected chi connectivity index (χ0v) is 27.0. The van der Waals surface area contributed by atoms with E-state index in [1.165, 1.54) is 6.08 Å². The van der Waals surface area contributed by atoms with Crippen LogP contribution in [0.1, 0.15) is 37.8 Å². The van der Waals surface area contributed by atoms with E-state index in [0.29, 0.717) is 0 Å². The Labute approximate surface area is 281 Å². The van der Waals surface area contributed by atoms with Crippen LogP contribution in [0.15, 0.2) is 66.3 Å². The van der Waals surface area contributed by atoms with Crippen LogP contribution >= 0.6 is 0 Å². The number of azide groups is 1. The van der Waals surface area contributed by atoms with E-state index in [4.69, 9.17) is 33.2 Å². The minimum atomic E-state index is -1.56. The molecule has 0 spiro atoms. The Hall–Kier alpha value is -5.44. The number of amides is 1. The van der Waals surface area contributed by atoms with Crippen LogP contribution in [0.5, 0.6) is 0 Å². The monoisotopic (exact) mass is 680 g/mol. The Balaban J connectivity index is 1.52. The fourth-order valence-corrected chi connectivity index (χ4v) is 5.59. The van der Waals surface area contributed by atoms with E-state index in [1.807, 2.05) is 48.5 Å². The van der Waals surface area contributed by atoms with Crippen molar-refractivity contribution in [3.8, 4) is 11.1 Å². The van der Waals surface area contributed by atoms with Crippen molar-refractivity contribution in [3.05, 3.63) is 82.8 Å². The lowest BCUT2D eigenvalue weighted by atomic mass is 9.96. The first-order valence-electron chi connectivity index (χ1n) is 15.2. The number of rotatable bonds is 14. The molecule has 1 aliphatic heterocycles. The van der Waals surface area contributed by atoms with Crippen molar-refractivity contribution in [2.75, 3.05) is 26.4 Å². The molecule has 1 heterocycles. The SMILES string of the molecule is C=CCOC(=O)[C@H](CO[C@H]1O[C@H](COC(C)=O)[C@H](OC(C)=O)[C@H](OC(C)=O)[C@H]1N=[N+]=[N-])NC(=O)OCC1c2ccccc2-c2ccccc21. The molecule has 16 heteroatoms. The van der Waals surface area contributed by atoms with E-state index >= 15 is 0 Å². The maximum absolute atomic E-state index is 13.1. The highest BCUT2D eigenvalue weighted by molar-refractivity contribution is 5.82. The first-order valence-corrected chi connectivity index (χ1v) is 15.2. The number of ether oxygens (including phenoxy) is 7. The third kappa shape index (κ3) is 9.34. The predicted molar refractivity (Wildman–Crippen MR) is 168 cm³/mol. The highest BCUT2D eigenvalue weighted by Crippen LogP contribution is 2.44. The summed E-state index contributed by atoms with van der Waals surface area (Å²) < 4.78 is 38.2. The van der Waals surface area contributed by atoms with Crippen molar-refractivity contribution in [2.45, 2.75) is 63.4 Å². The van der Waals surface area contributed by atoms with Crippen LogP contribution < -0.4 is 5.32 Å². The van der Waals surface area contributed by atoms with Crippen LogP contribution in [-0.4, -0.2) is 93.1 Å². The van der Waals surface area contributed by atoms with Gasteiger partial charge in [-0.05, 0) is 27.8 Å². The van der Waals surface area contributed by atoms with Crippen LogP contribution in [-0.2, 0) is 52.3 Å². The molecular weight excluding hydrogens is 644 g/mol. The minimum Gasteiger partial charge on any atom is -0.463 e. The van der Waals surface area contributed by atoms with Gasteiger partial charge in [-0.3, -0.25) is 14.4 Å². The molecule has 1 N–H and O–H groups in total. The summed E-state index contributed by atoms with van der Waals surface area (Å²) in [5, 5.41) is 6.08. The maximum Gasteiger partial charge on any atom is 0.407 e. The molecule has 0 radical (unpaired) electrons. The number of nitrogens with one attached hydrogen (secondary N) is 1. The summed E-state index contributed by atoms with van der Waals surface area (Å²) >= 11 is 0. The van der Waals surface area contributed by atoms with Crippen molar-refractivity contribution < 1.29 is 57.1 Å². The van der Waals surface area contributed by atoms with Gasteiger partial charge in [0.2, 0.25) is 0 Å². The molecule has 0 bridgehead atoms. The molecule has 0 unspecified atom stereocenters. The molecular formula is C33H36N4O12. The van der Waals surface area contributed by atoms with Gasteiger partial charge in [0.15, 0.2) is 24.5 Å². The van der Waals surface area contributed by atoms with E-state index in [9.17, 15) is 29.5 Å². The first-order chi connectivity index (χ1) is 23.5. The predicted octanol–water partition coefficient (Wildman–Crippen LogP) is 3.47. The largest absolute Gasteiger partial charge is 0.463 e. The fraction of sp³-hybridized carbons (Fsp3) is 0.424. The van der Waals surface area contributed by atoms with Gasteiger partial charge in [-0.25, -0.2) is 9.59 Å². The summed E-state index contributed by atoms with van der Waals surface area (Å²) in [6.45, 7) is 5.49. The lowest BCUT2D eigenvalue weighted by molar-refractivity contribution is -0.274. The van der Waals surface area contributed by atoms with Gasteiger partial charge in [0, 0.05) is 31.6 Å². The minimum absolute atomic E-state index is 0.0424. The zero-order valence-electron chi connectivity index (χ0n) is 27.0. The van der Waals surface area contributed by atoms with Crippen LogP contribution in [0.25, 0.3) is 21.6 Å². The summed E-state index contributed by atoms with van der Waals surface area (Å²) in [7, 11) is 0. The van der Waals surface area contributed by atoms with Gasteiger partial charge >= 0.3 is 30.0 Å². The second kappa shape index (κ2) is 17.1. The molecule has 1 saturated heterocycles. The van der Waals surface area contributed by atoms with Gasteiger partial charge in [-0.2, -0.15) is 0 Å². The number of alkyl carbamates (subject to hydrolysis) is 1. The molecule has 1 fully saturated rings. The number of carbonyl (C=O) groups excluding carboxylic acids is 5. The van der Waals surface area contributed by atoms with Gasteiger partial charge in [-0.15, -0.1) is 0 Å². The summed E-state index contributed by atoms with van der Waals surface area (Å²) in [4.78, 5) is 64.4. The van der Waals surface area contributed by atoms with Crippen LogP contribution in [0.4, 0.5) is 4.79 Å². The van der Waals surface area contributed by atoms with Crippen molar-refractivity contribution in [1.29, 1.82) is 0 Å². The van der Waals surface area contributed by atoms with Gasteiger partial charge in [0.25, 0.3) is 0 Å². The Bertz CT molecular complexity index is 1560. The molecule has 1 amide bonds. The normalized spacial score (nSPS) is 21.4. The zero-order chi connectivity index (χ0) is 35.5. The highest BCUT2D eigenvalue weighted by atomic mass is 16.7. The second-order valence-electron chi connectivity index (χ2n) is 11.0. The lowest BCUT2D eigenvalue weighted by Gasteiger charge is -2.43. The number of benzene rings is 2. The summed E-state index contributed by atoms with van der Waals surface area (Å²) in [5.41, 5.74) is 13.4. The van der Waals surface area contributed by atoms with E-state index < -0.39 is 79.9 Å². The first kappa shape index (κ1) is 36.4. The van der Waals surface area contributed by atoms with E-state index in [1.54, 1.807) is 0 Å². The van der Waals surface area contributed by atoms with Crippen molar-refractivity contribution >= 4 is 30.0 Å². The molecule has 2 aromatic carbocycles. The van der Waals surface area contributed by atoms with Crippen molar-refractivity contribution in [1.82, 2.24) is 5.32 Å². The van der Waals surface area contributed by atoms with Gasteiger partial charge in [0.05, 0.1) is 6.61 Å². The maximum atomic E-state index is 13.1. The second-order valence-corrected chi connectivity index (χ2v) is 11.0. The molecule has 2 aromatic rings. The number of nitrogens with zero attached hydrogens (tertiary/aromatic N) is 3. The molecule has 6 atom stereocenters. The molecule has 4 rings (SSSR count). The van der Waals surface area contributed by atoms with Crippen LogP contribution in [0.3, 0.4) is 0 Å². The number of esters is 4. The Morgan fingerprint density at radius 2 is 1.51 bits per heavy atom. The number of fused-ring (bicyclic) bond motifs is 3. The summed E-state index contributed by atoms with van der Waals surface area (Å²) in [6.07, 6.45) is -5.31. The number of hydrogen-bond acceptors (Lipinski definition) is 13. The smallest absolute Gasteiger partial charge is 0.407 e. The Morgan fingerprint density at radius 1 is 0.898 bits per heavy atom. The highest BCUT2D eigenvalue weighted by Gasteiger charge is 2.51. The third-order valence-electron chi connectivity index (χ3n) is 7.55. The van der Waals surface area contributed by atoms with Gasteiger partial charge in [-0.1, -0.05) is 66.3 Å². The van der Waals surface area contributed by atoms with Crippen LogP contribution in [0, 0.1) is 0 Å². The number of hydrogen-bond donors (Lipinski definition) is 1. The molecule has 1 aliphatic carbocycles. The molecule has 2 aliphatic rings. The topological polar surface area (TPSA) is 211 Å². The van der Waals surface area contributed by atoms with Crippen molar-refractivity contribution in [3.63, 3.8) is 0 Å².